The average Bonchev–Trinajstić information content (AvgIpc) is 2.61. The van der Waals surface area contributed by atoms with E-state index in [2.05, 4.69) is 9.97 Å². The lowest BCUT2D eigenvalue weighted by Gasteiger charge is -2.12. The van der Waals surface area contributed by atoms with Crippen LogP contribution in [0.1, 0.15) is 11.5 Å². The fourth-order valence-electron chi connectivity index (χ4n) is 1.75. The second-order valence-electron chi connectivity index (χ2n) is 4.01. The van der Waals surface area contributed by atoms with Crippen LogP contribution in [-0.2, 0) is 17.5 Å². The highest BCUT2D eigenvalue weighted by atomic mass is 19.4. The molecule has 102 valence electrons. The molecule has 0 bridgehead atoms. The number of hydrogen-bond acceptors (Lipinski definition) is 3. The molecule has 0 aliphatic carbocycles. The van der Waals surface area contributed by atoms with Crippen LogP contribution in [0.4, 0.5) is 13.2 Å². The number of carbonyl (C=O) groups is 1. The summed E-state index contributed by atoms with van der Waals surface area (Å²) < 4.78 is 38.7. The Morgan fingerprint density at radius 3 is 2.68 bits per heavy atom. The number of H-pyrrole nitrogens is 1. The molecular formula is C10H9F3N4O2. The summed E-state index contributed by atoms with van der Waals surface area (Å²) in [6.07, 6.45) is -4.86. The van der Waals surface area contributed by atoms with Gasteiger partial charge in [0.25, 0.3) is 5.56 Å². The van der Waals surface area contributed by atoms with E-state index < -0.39 is 30.0 Å². The van der Waals surface area contributed by atoms with Crippen LogP contribution in [0.15, 0.2) is 10.9 Å². The summed E-state index contributed by atoms with van der Waals surface area (Å²) in [6, 6.07) is 1.36. The fraction of sp³-hybridized carbons (Fsp3) is 0.300. The maximum atomic E-state index is 12.8. The molecule has 2 heterocycles. The second-order valence-corrected chi connectivity index (χ2v) is 4.01. The molecule has 2 aromatic rings. The highest BCUT2D eigenvalue weighted by Crippen LogP contribution is 2.27. The first-order valence-corrected chi connectivity index (χ1v) is 5.16. The van der Waals surface area contributed by atoms with E-state index in [-0.39, 0.29) is 15.6 Å². The Morgan fingerprint density at radius 1 is 1.53 bits per heavy atom. The number of carbonyl (C=O) groups excluding carboxylic acids is 1. The number of alkyl halides is 3. The van der Waals surface area contributed by atoms with Gasteiger partial charge in [0.1, 0.15) is 12.2 Å². The molecule has 2 rings (SSSR count). The van der Waals surface area contributed by atoms with Crippen molar-refractivity contribution in [3.05, 3.63) is 27.9 Å². The molecule has 0 aliphatic heterocycles. The Hall–Kier alpha value is -2.32. The first-order valence-electron chi connectivity index (χ1n) is 5.16. The minimum atomic E-state index is -4.86. The van der Waals surface area contributed by atoms with Gasteiger partial charge in [0.05, 0.1) is 5.39 Å². The van der Waals surface area contributed by atoms with Gasteiger partial charge in [0.15, 0.2) is 0 Å². The SMILES string of the molecule is Cc1cc2c(=O)n(CC(N)=O)c(C(F)(F)F)nc2[nH]1. The normalized spacial score (nSPS) is 12.0. The molecule has 0 unspecified atom stereocenters. The fourth-order valence-corrected chi connectivity index (χ4v) is 1.75. The van der Waals surface area contributed by atoms with E-state index in [0.717, 1.165) is 0 Å². The summed E-state index contributed by atoms with van der Waals surface area (Å²) in [5.74, 6) is -2.51. The molecule has 1 amide bonds. The van der Waals surface area contributed by atoms with Gasteiger partial charge in [-0.25, -0.2) is 4.98 Å². The number of halogens is 3. The molecule has 3 N–H and O–H groups in total. The number of amides is 1. The molecule has 6 nitrogen and oxygen atoms in total. The number of primary amides is 1. The largest absolute Gasteiger partial charge is 0.449 e. The number of aromatic amines is 1. The Bertz CT molecular complexity index is 714. The second kappa shape index (κ2) is 4.11. The van der Waals surface area contributed by atoms with Gasteiger partial charge in [0, 0.05) is 5.69 Å². The number of nitrogens with two attached hydrogens (primary N) is 1. The molecule has 0 fully saturated rings. The first-order chi connectivity index (χ1) is 8.70. The molecule has 0 saturated carbocycles. The lowest BCUT2D eigenvalue weighted by Crippen LogP contribution is -2.34. The van der Waals surface area contributed by atoms with Gasteiger partial charge in [-0.15, -0.1) is 0 Å². The summed E-state index contributed by atoms with van der Waals surface area (Å²) in [5, 5.41) is -0.0215. The van der Waals surface area contributed by atoms with E-state index in [9.17, 15) is 22.8 Å². The number of aryl methyl sites for hydroxylation is 1. The van der Waals surface area contributed by atoms with Crippen molar-refractivity contribution < 1.29 is 18.0 Å². The standard InChI is InChI=1S/C10H9F3N4O2/c1-4-2-5-7(15-4)16-9(10(11,12)13)17(8(5)19)3-6(14)18/h2,15H,3H2,1H3,(H2,14,18). The van der Waals surface area contributed by atoms with Crippen LogP contribution in [0, 0.1) is 6.92 Å². The van der Waals surface area contributed by atoms with Crippen molar-refractivity contribution in [2.75, 3.05) is 0 Å². The summed E-state index contributed by atoms with van der Waals surface area (Å²) in [7, 11) is 0. The third-order valence-corrected chi connectivity index (χ3v) is 2.45. The molecule has 2 aromatic heterocycles. The van der Waals surface area contributed by atoms with Crippen LogP contribution in [0.3, 0.4) is 0 Å². The monoisotopic (exact) mass is 274 g/mol. The van der Waals surface area contributed by atoms with Gasteiger partial charge in [-0.05, 0) is 13.0 Å². The van der Waals surface area contributed by atoms with Gasteiger partial charge in [-0.1, -0.05) is 0 Å². The van der Waals surface area contributed by atoms with Crippen molar-refractivity contribution >= 4 is 16.9 Å². The number of aromatic nitrogens is 3. The number of rotatable bonds is 2. The van der Waals surface area contributed by atoms with Crippen LogP contribution in [0.25, 0.3) is 11.0 Å². The topological polar surface area (TPSA) is 93.8 Å². The van der Waals surface area contributed by atoms with Crippen LogP contribution in [-0.4, -0.2) is 20.4 Å². The van der Waals surface area contributed by atoms with E-state index in [4.69, 9.17) is 5.73 Å². The van der Waals surface area contributed by atoms with Crippen molar-refractivity contribution in [2.45, 2.75) is 19.6 Å². The van der Waals surface area contributed by atoms with Crippen molar-refractivity contribution in [1.82, 2.24) is 14.5 Å². The zero-order valence-corrected chi connectivity index (χ0v) is 9.71. The lowest BCUT2D eigenvalue weighted by molar-refractivity contribution is -0.148. The van der Waals surface area contributed by atoms with E-state index in [0.29, 0.717) is 5.69 Å². The summed E-state index contributed by atoms with van der Waals surface area (Å²) >= 11 is 0. The zero-order valence-electron chi connectivity index (χ0n) is 9.71. The Kier molecular flexibility index (Phi) is 2.84. The number of nitrogens with zero attached hydrogens (tertiary/aromatic N) is 2. The number of nitrogens with one attached hydrogen (secondary N) is 1. The lowest BCUT2D eigenvalue weighted by atomic mass is 10.3. The van der Waals surface area contributed by atoms with Crippen LogP contribution < -0.4 is 11.3 Å². The van der Waals surface area contributed by atoms with Gasteiger partial charge in [-0.3, -0.25) is 14.2 Å². The molecule has 0 saturated heterocycles. The van der Waals surface area contributed by atoms with Crippen LogP contribution in [0.5, 0.6) is 0 Å². The summed E-state index contributed by atoms with van der Waals surface area (Å²) in [5.41, 5.74) is 4.21. The van der Waals surface area contributed by atoms with Crippen LogP contribution >= 0.6 is 0 Å². The van der Waals surface area contributed by atoms with Gasteiger partial charge < -0.3 is 10.7 Å². The Labute approximate surface area is 104 Å². The average molecular weight is 274 g/mol. The van der Waals surface area contributed by atoms with Crippen molar-refractivity contribution in [3.8, 4) is 0 Å². The number of hydrogen-bond donors (Lipinski definition) is 2. The van der Waals surface area contributed by atoms with Crippen molar-refractivity contribution in [3.63, 3.8) is 0 Å². The molecule has 0 atom stereocenters. The van der Waals surface area contributed by atoms with Gasteiger partial charge in [-0.2, -0.15) is 13.2 Å². The van der Waals surface area contributed by atoms with Crippen LogP contribution in [0.2, 0.25) is 0 Å². The molecule has 9 heteroatoms. The highest BCUT2D eigenvalue weighted by molar-refractivity contribution is 5.77. The minimum Gasteiger partial charge on any atom is -0.368 e. The molecule has 0 aliphatic rings. The van der Waals surface area contributed by atoms with E-state index in [1.54, 1.807) is 6.92 Å². The number of fused-ring (bicyclic) bond motifs is 1. The minimum absolute atomic E-state index is 0.0215. The van der Waals surface area contributed by atoms with Crippen molar-refractivity contribution in [1.29, 1.82) is 0 Å². The molecular weight excluding hydrogens is 265 g/mol. The van der Waals surface area contributed by atoms with E-state index in [1.807, 2.05) is 0 Å². The molecule has 19 heavy (non-hydrogen) atoms. The maximum Gasteiger partial charge on any atom is 0.449 e. The third-order valence-electron chi connectivity index (χ3n) is 2.45. The third kappa shape index (κ3) is 2.30. The zero-order chi connectivity index (χ0) is 14.4. The molecule has 0 spiro atoms. The predicted octanol–water partition coefficient (Wildman–Crippen LogP) is 0.537. The molecule has 0 radical (unpaired) electrons. The Balaban J connectivity index is 2.84. The highest BCUT2D eigenvalue weighted by Gasteiger charge is 2.37. The predicted molar refractivity (Wildman–Crippen MR) is 59.3 cm³/mol. The van der Waals surface area contributed by atoms with Crippen molar-refractivity contribution in [2.24, 2.45) is 5.73 Å². The Morgan fingerprint density at radius 2 is 2.16 bits per heavy atom. The molecule has 0 aromatic carbocycles. The van der Waals surface area contributed by atoms with E-state index >= 15 is 0 Å². The van der Waals surface area contributed by atoms with Gasteiger partial charge in [0.2, 0.25) is 11.7 Å². The maximum absolute atomic E-state index is 12.8. The summed E-state index contributed by atoms with van der Waals surface area (Å²) in [4.78, 5) is 28.6. The quantitative estimate of drug-likeness (QED) is 0.836. The summed E-state index contributed by atoms with van der Waals surface area (Å²) in [6.45, 7) is 0.702. The first kappa shape index (κ1) is 13.1. The van der Waals surface area contributed by atoms with Gasteiger partial charge >= 0.3 is 6.18 Å². The van der Waals surface area contributed by atoms with E-state index in [1.165, 1.54) is 6.07 Å². The smallest absolute Gasteiger partial charge is 0.368 e.